The second-order valence-corrected chi connectivity index (χ2v) is 7.51. The Bertz CT molecular complexity index is 851. The van der Waals surface area contributed by atoms with Gasteiger partial charge in [-0.2, -0.15) is 0 Å². The van der Waals surface area contributed by atoms with Crippen LogP contribution in [-0.4, -0.2) is 28.1 Å². The minimum Gasteiger partial charge on any atom is -0.496 e. The summed E-state index contributed by atoms with van der Waals surface area (Å²) >= 11 is 1.99. The molecule has 0 aliphatic carbocycles. The van der Waals surface area contributed by atoms with Crippen LogP contribution in [-0.2, 0) is 14.8 Å². The predicted molar refractivity (Wildman–Crippen MR) is 98.9 cm³/mol. The van der Waals surface area contributed by atoms with Gasteiger partial charge in [0.05, 0.1) is 33.4 Å². The molecular formula is C16H16INO5S. The highest BCUT2D eigenvalue weighted by Crippen LogP contribution is 2.26. The summed E-state index contributed by atoms with van der Waals surface area (Å²) in [5.41, 5.74) is 0.327. The second kappa shape index (κ2) is 7.84. The van der Waals surface area contributed by atoms with Crippen molar-refractivity contribution < 1.29 is 22.7 Å². The molecule has 0 heterocycles. The number of anilines is 1. The van der Waals surface area contributed by atoms with Gasteiger partial charge in [-0.1, -0.05) is 12.1 Å². The van der Waals surface area contributed by atoms with E-state index in [0.29, 0.717) is 9.32 Å². The first-order valence-electron chi connectivity index (χ1n) is 7.01. The Morgan fingerprint density at radius 1 is 1.21 bits per heavy atom. The van der Waals surface area contributed by atoms with E-state index in [4.69, 9.17) is 9.47 Å². The van der Waals surface area contributed by atoms with Crippen LogP contribution >= 0.6 is 22.6 Å². The third-order valence-corrected chi connectivity index (χ3v) is 5.31. The second-order valence-electron chi connectivity index (χ2n) is 4.67. The monoisotopic (exact) mass is 461 g/mol. The number of nitrogens with one attached hydrogen (secondary N) is 1. The van der Waals surface area contributed by atoms with Crippen molar-refractivity contribution in [2.24, 2.45) is 0 Å². The normalized spacial score (nSPS) is 11.0. The zero-order valence-electron chi connectivity index (χ0n) is 13.1. The van der Waals surface area contributed by atoms with Crippen LogP contribution in [0.2, 0.25) is 0 Å². The van der Waals surface area contributed by atoms with E-state index in [1.165, 1.54) is 31.4 Å². The van der Waals surface area contributed by atoms with E-state index in [-0.39, 0.29) is 22.8 Å². The Morgan fingerprint density at radius 3 is 2.54 bits per heavy atom. The van der Waals surface area contributed by atoms with Crippen LogP contribution in [0.25, 0.3) is 0 Å². The number of halogens is 1. The van der Waals surface area contributed by atoms with E-state index < -0.39 is 16.0 Å². The molecule has 0 radical (unpaired) electrons. The van der Waals surface area contributed by atoms with Gasteiger partial charge in [-0.05, 0) is 59.8 Å². The number of sulfonamides is 1. The van der Waals surface area contributed by atoms with Gasteiger partial charge >= 0.3 is 5.97 Å². The molecule has 2 rings (SSSR count). The van der Waals surface area contributed by atoms with E-state index in [9.17, 15) is 13.2 Å². The Labute approximate surface area is 154 Å². The van der Waals surface area contributed by atoms with Crippen LogP contribution in [0.3, 0.4) is 0 Å². The van der Waals surface area contributed by atoms with E-state index in [0.717, 1.165) is 0 Å². The highest BCUT2D eigenvalue weighted by Gasteiger charge is 2.20. The van der Waals surface area contributed by atoms with Gasteiger partial charge < -0.3 is 9.47 Å². The molecule has 0 aliphatic rings. The van der Waals surface area contributed by atoms with Crippen LogP contribution in [0.15, 0.2) is 47.4 Å². The molecule has 24 heavy (non-hydrogen) atoms. The Morgan fingerprint density at radius 2 is 1.92 bits per heavy atom. The summed E-state index contributed by atoms with van der Waals surface area (Å²) in [7, 11) is -2.34. The average Bonchev–Trinajstić information content (AvgIpc) is 2.55. The molecule has 6 nitrogen and oxygen atoms in total. The number of hydrogen-bond acceptors (Lipinski definition) is 5. The van der Waals surface area contributed by atoms with E-state index in [1.807, 2.05) is 22.6 Å². The van der Waals surface area contributed by atoms with E-state index >= 15 is 0 Å². The van der Waals surface area contributed by atoms with Crippen molar-refractivity contribution in [2.75, 3.05) is 18.4 Å². The highest BCUT2D eigenvalue weighted by atomic mass is 127. The van der Waals surface area contributed by atoms with Gasteiger partial charge in [-0.3, -0.25) is 4.72 Å². The number of para-hydroxylation sites is 1. The van der Waals surface area contributed by atoms with E-state index in [1.54, 1.807) is 25.1 Å². The lowest BCUT2D eigenvalue weighted by molar-refractivity contribution is 0.0527. The maximum absolute atomic E-state index is 12.6. The summed E-state index contributed by atoms with van der Waals surface area (Å²) in [5, 5.41) is 0. The van der Waals surface area contributed by atoms with Gasteiger partial charge in [0.15, 0.2) is 0 Å². The Balaban J connectivity index is 2.36. The van der Waals surface area contributed by atoms with Gasteiger partial charge in [-0.15, -0.1) is 0 Å². The molecule has 0 aromatic heterocycles. The third kappa shape index (κ3) is 4.18. The van der Waals surface area contributed by atoms with Crippen LogP contribution in [0, 0.1) is 3.57 Å². The molecule has 0 saturated heterocycles. The van der Waals surface area contributed by atoms with Gasteiger partial charge in [0, 0.05) is 0 Å². The van der Waals surface area contributed by atoms with Gasteiger partial charge in [0.2, 0.25) is 0 Å². The number of carbonyl (C=O) groups is 1. The third-order valence-electron chi connectivity index (χ3n) is 3.10. The van der Waals surface area contributed by atoms with Crippen molar-refractivity contribution in [1.29, 1.82) is 0 Å². The number of benzene rings is 2. The number of rotatable bonds is 6. The highest BCUT2D eigenvalue weighted by molar-refractivity contribution is 14.1. The molecule has 0 bridgehead atoms. The fraction of sp³-hybridized carbons (Fsp3) is 0.188. The average molecular weight is 461 g/mol. The number of methoxy groups -OCH3 is 1. The van der Waals surface area contributed by atoms with Crippen LogP contribution in [0.4, 0.5) is 5.69 Å². The minimum atomic E-state index is -3.85. The molecule has 1 N–H and O–H groups in total. The van der Waals surface area contributed by atoms with E-state index in [2.05, 4.69) is 4.72 Å². The Hall–Kier alpha value is -1.81. The Kier molecular flexibility index (Phi) is 6.05. The lowest BCUT2D eigenvalue weighted by atomic mass is 10.2. The SMILES string of the molecule is CCOC(=O)c1ccccc1NS(=O)(=O)c1ccc(OC)c(I)c1. The topological polar surface area (TPSA) is 81.7 Å². The van der Waals surface area contributed by atoms with Gasteiger partial charge in [0.25, 0.3) is 10.0 Å². The van der Waals surface area contributed by atoms with Crippen molar-refractivity contribution >= 4 is 44.3 Å². The molecule has 2 aromatic rings. The summed E-state index contributed by atoms with van der Waals surface area (Å²) in [6.45, 7) is 1.89. The molecule has 0 fully saturated rings. The van der Waals surface area contributed by atoms with Crippen molar-refractivity contribution in [1.82, 2.24) is 0 Å². The lowest BCUT2D eigenvalue weighted by Gasteiger charge is -2.13. The molecule has 0 saturated carbocycles. The number of carbonyl (C=O) groups excluding carboxylic acids is 1. The first-order valence-corrected chi connectivity index (χ1v) is 9.57. The maximum atomic E-state index is 12.6. The predicted octanol–water partition coefficient (Wildman–Crippen LogP) is 3.28. The van der Waals surface area contributed by atoms with Crippen LogP contribution in [0.1, 0.15) is 17.3 Å². The summed E-state index contributed by atoms with van der Waals surface area (Å²) in [6.07, 6.45) is 0. The smallest absolute Gasteiger partial charge is 0.340 e. The fourth-order valence-corrected chi connectivity index (χ4v) is 4.03. The summed E-state index contributed by atoms with van der Waals surface area (Å²) in [6, 6.07) is 10.8. The zero-order valence-corrected chi connectivity index (χ0v) is 16.1. The number of hydrogen-bond donors (Lipinski definition) is 1. The lowest BCUT2D eigenvalue weighted by Crippen LogP contribution is -2.16. The molecule has 0 aliphatic heterocycles. The standard InChI is InChI=1S/C16H16INO5S/c1-3-23-16(19)12-6-4-5-7-14(12)18-24(20,21)11-8-9-15(22-2)13(17)10-11/h4-10,18H,3H2,1-2H3. The van der Waals surface area contributed by atoms with Crippen LogP contribution < -0.4 is 9.46 Å². The summed E-state index contributed by atoms with van der Waals surface area (Å²) < 4.78 is 38.3. The molecule has 8 heteroatoms. The first-order chi connectivity index (χ1) is 11.4. The zero-order chi connectivity index (χ0) is 17.7. The van der Waals surface area contributed by atoms with Crippen molar-refractivity contribution in [3.05, 3.63) is 51.6 Å². The largest absolute Gasteiger partial charge is 0.496 e. The fourth-order valence-electron chi connectivity index (χ4n) is 1.98. The summed E-state index contributed by atoms with van der Waals surface area (Å²) in [4.78, 5) is 12.0. The minimum absolute atomic E-state index is 0.0753. The van der Waals surface area contributed by atoms with Crippen molar-refractivity contribution in [3.8, 4) is 5.75 Å². The number of esters is 1. The summed E-state index contributed by atoms with van der Waals surface area (Å²) in [5.74, 6) is 0.00147. The molecule has 0 unspecified atom stereocenters. The molecule has 2 aromatic carbocycles. The molecule has 0 amide bonds. The molecule has 0 atom stereocenters. The van der Waals surface area contributed by atoms with Gasteiger partial charge in [0.1, 0.15) is 5.75 Å². The number of ether oxygens (including phenoxy) is 2. The molecular weight excluding hydrogens is 445 g/mol. The maximum Gasteiger partial charge on any atom is 0.340 e. The molecule has 128 valence electrons. The van der Waals surface area contributed by atoms with Gasteiger partial charge in [-0.25, -0.2) is 13.2 Å². The first kappa shape index (κ1) is 18.5. The quantitative estimate of drug-likeness (QED) is 0.528. The van der Waals surface area contributed by atoms with Crippen molar-refractivity contribution in [2.45, 2.75) is 11.8 Å². The molecule has 0 spiro atoms. The van der Waals surface area contributed by atoms with Crippen molar-refractivity contribution in [3.63, 3.8) is 0 Å². The van der Waals surface area contributed by atoms with Crippen LogP contribution in [0.5, 0.6) is 5.75 Å².